The molecule has 0 spiro atoms. The van der Waals surface area contributed by atoms with Crippen LogP contribution in [0.4, 0.5) is 5.69 Å². The van der Waals surface area contributed by atoms with Gasteiger partial charge in [-0.3, -0.25) is 4.79 Å². The van der Waals surface area contributed by atoms with Gasteiger partial charge in [-0.05, 0) is 49.0 Å². The SMILES string of the molecule is CC/C=C(CC)/C(CC)=C(/CC)C(=O)Nc1c(Cl)cccc1Cl. The Kier molecular flexibility index (Phi) is 8.43. The molecule has 1 rings (SSSR count). The van der Waals surface area contributed by atoms with Gasteiger partial charge in [-0.15, -0.1) is 0 Å². The standard InChI is InChI=1S/C19H25Cl2NO/c1-5-10-13(6-2)14(7-3)15(8-4)19(23)22-18-16(20)11-9-12-17(18)21/h9-12H,5-8H2,1-4H3,(H,22,23)/b13-10+,15-14-. The highest BCUT2D eigenvalue weighted by Gasteiger charge is 2.17. The smallest absolute Gasteiger partial charge is 0.251 e. The van der Waals surface area contributed by atoms with E-state index in [-0.39, 0.29) is 5.91 Å². The number of carbonyl (C=O) groups is 1. The number of nitrogens with one attached hydrogen (secondary N) is 1. The summed E-state index contributed by atoms with van der Waals surface area (Å²) in [6.45, 7) is 8.31. The van der Waals surface area contributed by atoms with Crippen molar-refractivity contribution in [3.05, 3.63) is 51.0 Å². The molecule has 0 atom stereocenters. The number of amides is 1. The second kappa shape index (κ2) is 9.79. The zero-order valence-electron chi connectivity index (χ0n) is 14.3. The fraction of sp³-hybridized carbons (Fsp3) is 0.421. The van der Waals surface area contributed by atoms with Crippen LogP contribution in [0.2, 0.25) is 10.0 Å². The number of benzene rings is 1. The number of allylic oxidation sites excluding steroid dienone is 3. The summed E-state index contributed by atoms with van der Waals surface area (Å²) in [7, 11) is 0. The van der Waals surface area contributed by atoms with E-state index in [1.165, 1.54) is 5.57 Å². The van der Waals surface area contributed by atoms with Gasteiger partial charge in [-0.2, -0.15) is 0 Å². The summed E-state index contributed by atoms with van der Waals surface area (Å²) in [5.41, 5.74) is 3.63. The van der Waals surface area contributed by atoms with Crippen LogP contribution in [-0.2, 0) is 4.79 Å². The van der Waals surface area contributed by atoms with E-state index in [1.54, 1.807) is 18.2 Å². The molecule has 1 amide bonds. The summed E-state index contributed by atoms with van der Waals surface area (Å²) in [4.78, 5) is 12.8. The minimum Gasteiger partial charge on any atom is -0.320 e. The van der Waals surface area contributed by atoms with Crippen molar-refractivity contribution in [2.75, 3.05) is 5.32 Å². The number of hydrogen-bond acceptors (Lipinski definition) is 1. The van der Waals surface area contributed by atoms with Crippen LogP contribution in [0.15, 0.2) is 41.0 Å². The molecular weight excluding hydrogens is 329 g/mol. The predicted octanol–water partition coefficient (Wildman–Crippen LogP) is 6.79. The zero-order chi connectivity index (χ0) is 17.4. The van der Waals surface area contributed by atoms with E-state index in [0.29, 0.717) is 22.2 Å². The zero-order valence-corrected chi connectivity index (χ0v) is 15.8. The van der Waals surface area contributed by atoms with Crippen LogP contribution in [0.25, 0.3) is 0 Å². The Morgan fingerprint density at radius 2 is 1.57 bits per heavy atom. The molecule has 4 heteroatoms. The summed E-state index contributed by atoms with van der Waals surface area (Å²) in [6.07, 6.45) is 5.57. The maximum Gasteiger partial charge on any atom is 0.251 e. The first-order valence-electron chi connectivity index (χ1n) is 8.16. The molecule has 0 saturated heterocycles. The van der Waals surface area contributed by atoms with Gasteiger partial charge in [0.2, 0.25) is 0 Å². The van der Waals surface area contributed by atoms with Crippen LogP contribution in [0.5, 0.6) is 0 Å². The predicted molar refractivity (Wildman–Crippen MR) is 101 cm³/mol. The van der Waals surface area contributed by atoms with E-state index < -0.39 is 0 Å². The van der Waals surface area contributed by atoms with E-state index in [0.717, 1.165) is 30.4 Å². The van der Waals surface area contributed by atoms with Crippen LogP contribution in [0, 0.1) is 0 Å². The van der Waals surface area contributed by atoms with Gasteiger partial charge in [0.1, 0.15) is 0 Å². The van der Waals surface area contributed by atoms with Gasteiger partial charge in [-0.25, -0.2) is 0 Å². The lowest BCUT2D eigenvalue weighted by atomic mass is 9.93. The molecule has 0 bridgehead atoms. The molecule has 0 aromatic heterocycles. The highest BCUT2D eigenvalue weighted by atomic mass is 35.5. The Morgan fingerprint density at radius 1 is 1.00 bits per heavy atom. The Balaban J connectivity index is 3.24. The molecule has 0 saturated carbocycles. The van der Waals surface area contributed by atoms with Crippen LogP contribution in [-0.4, -0.2) is 5.91 Å². The lowest BCUT2D eigenvalue weighted by Gasteiger charge is -2.16. The first kappa shape index (κ1) is 19.8. The van der Waals surface area contributed by atoms with Gasteiger partial charge in [-0.1, -0.05) is 63.0 Å². The van der Waals surface area contributed by atoms with Crippen molar-refractivity contribution in [2.45, 2.75) is 53.4 Å². The molecule has 1 aromatic carbocycles. The van der Waals surface area contributed by atoms with Gasteiger partial charge >= 0.3 is 0 Å². The van der Waals surface area contributed by atoms with Gasteiger partial charge in [0.05, 0.1) is 15.7 Å². The van der Waals surface area contributed by atoms with Crippen molar-refractivity contribution >= 4 is 34.8 Å². The Morgan fingerprint density at radius 3 is 2.00 bits per heavy atom. The Labute approximate surface area is 149 Å². The van der Waals surface area contributed by atoms with Crippen molar-refractivity contribution in [2.24, 2.45) is 0 Å². The van der Waals surface area contributed by atoms with Crippen LogP contribution in [0.1, 0.15) is 53.4 Å². The normalized spacial score (nSPS) is 12.9. The molecule has 0 heterocycles. The van der Waals surface area contributed by atoms with Crippen LogP contribution >= 0.6 is 23.2 Å². The summed E-state index contributed by atoms with van der Waals surface area (Å²) in [5, 5.41) is 3.76. The molecule has 0 aliphatic heterocycles. The van der Waals surface area contributed by atoms with Crippen molar-refractivity contribution in [1.82, 2.24) is 0 Å². The van der Waals surface area contributed by atoms with E-state index >= 15 is 0 Å². The summed E-state index contributed by atoms with van der Waals surface area (Å²) in [5.74, 6) is -0.130. The largest absolute Gasteiger partial charge is 0.320 e. The lowest BCUT2D eigenvalue weighted by Crippen LogP contribution is -2.17. The molecule has 0 aliphatic rings. The van der Waals surface area contributed by atoms with Crippen molar-refractivity contribution in [3.63, 3.8) is 0 Å². The number of anilines is 1. The molecule has 126 valence electrons. The van der Waals surface area contributed by atoms with Gasteiger partial charge in [0.15, 0.2) is 0 Å². The minimum atomic E-state index is -0.130. The van der Waals surface area contributed by atoms with Crippen molar-refractivity contribution in [3.8, 4) is 0 Å². The number of para-hydroxylation sites is 1. The fourth-order valence-electron chi connectivity index (χ4n) is 2.68. The molecule has 23 heavy (non-hydrogen) atoms. The first-order valence-corrected chi connectivity index (χ1v) is 8.92. The van der Waals surface area contributed by atoms with Crippen LogP contribution < -0.4 is 5.32 Å². The van der Waals surface area contributed by atoms with E-state index in [2.05, 4.69) is 32.2 Å². The van der Waals surface area contributed by atoms with E-state index in [9.17, 15) is 4.79 Å². The second-order valence-corrected chi connectivity index (χ2v) is 6.02. The third kappa shape index (κ3) is 5.12. The average molecular weight is 354 g/mol. The molecule has 0 fully saturated rings. The van der Waals surface area contributed by atoms with Gasteiger partial charge < -0.3 is 5.32 Å². The number of rotatable bonds is 7. The molecule has 0 aliphatic carbocycles. The van der Waals surface area contributed by atoms with Crippen molar-refractivity contribution in [1.29, 1.82) is 0 Å². The minimum absolute atomic E-state index is 0.130. The summed E-state index contributed by atoms with van der Waals surface area (Å²) < 4.78 is 0. The van der Waals surface area contributed by atoms with E-state index in [1.807, 2.05) is 6.92 Å². The molecule has 1 aromatic rings. The third-order valence-electron chi connectivity index (χ3n) is 3.77. The topological polar surface area (TPSA) is 29.1 Å². The molecule has 0 unspecified atom stereocenters. The van der Waals surface area contributed by atoms with Gasteiger partial charge in [0, 0.05) is 5.57 Å². The maximum absolute atomic E-state index is 12.8. The Bertz CT molecular complexity index is 598. The Hall–Kier alpha value is -1.25. The lowest BCUT2D eigenvalue weighted by molar-refractivity contribution is -0.113. The second-order valence-electron chi connectivity index (χ2n) is 5.21. The monoisotopic (exact) mass is 353 g/mol. The maximum atomic E-state index is 12.8. The number of hydrogen-bond donors (Lipinski definition) is 1. The van der Waals surface area contributed by atoms with Crippen LogP contribution in [0.3, 0.4) is 0 Å². The third-order valence-corrected chi connectivity index (χ3v) is 4.40. The highest BCUT2D eigenvalue weighted by Crippen LogP contribution is 2.31. The molecule has 1 N–H and O–H groups in total. The van der Waals surface area contributed by atoms with E-state index in [4.69, 9.17) is 23.2 Å². The molecule has 0 radical (unpaired) electrons. The summed E-state index contributed by atoms with van der Waals surface area (Å²) >= 11 is 12.3. The number of carbonyl (C=O) groups excluding carboxylic acids is 1. The van der Waals surface area contributed by atoms with Gasteiger partial charge in [0.25, 0.3) is 5.91 Å². The first-order chi connectivity index (χ1) is 11.0. The van der Waals surface area contributed by atoms with Crippen molar-refractivity contribution < 1.29 is 4.79 Å². The molecule has 2 nitrogen and oxygen atoms in total. The summed E-state index contributed by atoms with van der Waals surface area (Å²) in [6, 6.07) is 5.19. The number of halogens is 2. The molecular formula is C19H25Cl2NO. The quantitative estimate of drug-likeness (QED) is 0.424. The fourth-order valence-corrected chi connectivity index (χ4v) is 3.17. The average Bonchev–Trinajstić information content (AvgIpc) is 2.54. The highest BCUT2D eigenvalue weighted by molar-refractivity contribution is 6.40.